The highest BCUT2D eigenvalue weighted by atomic mass is 16.5. The van der Waals surface area contributed by atoms with Crippen LogP contribution in [0.25, 0.3) is 0 Å². The van der Waals surface area contributed by atoms with Crippen LogP contribution in [0.3, 0.4) is 0 Å². The Kier molecular flexibility index (Phi) is 7.82. The molecule has 0 aromatic rings. The number of rotatable bonds is 8. The first kappa shape index (κ1) is 18.2. The van der Waals surface area contributed by atoms with Crippen LogP contribution in [0.15, 0.2) is 0 Å². The van der Waals surface area contributed by atoms with Crippen molar-refractivity contribution in [1.82, 2.24) is 15.5 Å². The van der Waals surface area contributed by atoms with Gasteiger partial charge in [-0.2, -0.15) is 0 Å². The predicted molar refractivity (Wildman–Crippen MR) is 89.1 cm³/mol. The maximum atomic E-state index is 12.2. The van der Waals surface area contributed by atoms with Crippen molar-refractivity contribution in [3.8, 4) is 0 Å². The molecule has 0 radical (unpaired) electrons. The Balaban J connectivity index is 1.81. The van der Waals surface area contributed by atoms with Crippen molar-refractivity contribution in [2.24, 2.45) is 5.92 Å². The summed E-state index contributed by atoms with van der Waals surface area (Å²) in [5, 5.41) is 5.78. The van der Waals surface area contributed by atoms with Gasteiger partial charge >= 0.3 is 0 Å². The zero-order chi connectivity index (χ0) is 16.5. The number of amides is 2. The van der Waals surface area contributed by atoms with Crippen LogP contribution in [0.1, 0.15) is 44.9 Å². The quantitative estimate of drug-likeness (QED) is 0.651. The van der Waals surface area contributed by atoms with E-state index < -0.39 is 0 Å². The van der Waals surface area contributed by atoms with Gasteiger partial charge in [-0.05, 0) is 25.2 Å². The third-order valence-electron chi connectivity index (χ3n) is 4.89. The topological polar surface area (TPSA) is 70.7 Å². The molecule has 23 heavy (non-hydrogen) atoms. The zero-order valence-corrected chi connectivity index (χ0v) is 14.3. The number of hydrogen-bond donors (Lipinski definition) is 2. The van der Waals surface area contributed by atoms with E-state index in [1.807, 2.05) is 0 Å². The third-order valence-corrected chi connectivity index (χ3v) is 4.89. The number of carbonyl (C=O) groups is 2. The van der Waals surface area contributed by atoms with Crippen LogP contribution in [-0.4, -0.2) is 62.7 Å². The van der Waals surface area contributed by atoms with Gasteiger partial charge in [0.2, 0.25) is 11.8 Å². The van der Waals surface area contributed by atoms with E-state index in [1.165, 1.54) is 32.1 Å². The maximum Gasteiger partial charge on any atom is 0.237 e. The van der Waals surface area contributed by atoms with E-state index in [0.29, 0.717) is 25.6 Å². The van der Waals surface area contributed by atoms with Gasteiger partial charge in [-0.3, -0.25) is 14.5 Å². The van der Waals surface area contributed by atoms with Crippen molar-refractivity contribution in [1.29, 1.82) is 0 Å². The number of nitrogens with one attached hydrogen (secondary N) is 2. The summed E-state index contributed by atoms with van der Waals surface area (Å²) < 4.78 is 4.97. The van der Waals surface area contributed by atoms with E-state index in [1.54, 1.807) is 7.11 Å². The van der Waals surface area contributed by atoms with Gasteiger partial charge in [0.05, 0.1) is 12.5 Å². The molecule has 0 spiro atoms. The summed E-state index contributed by atoms with van der Waals surface area (Å²) in [5.74, 6) is 0.637. The van der Waals surface area contributed by atoms with Crippen molar-refractivity contribution in [3.63, 3.8) is 0 Å². The molecule has 132 valence electrons. The lowest BCUT2D eigenvalue weighted by Gasteiger charge is -2.37. The number of ether oxygens (including phenoxy) is 1. The summed E-state index contributed by atoms with van der Waals surface area (Å²) >= 11 is 0. The van der Waals surface area contributed by atoms with Gasteiger partial charge in [0.25, 0.3) is 0 Å². The van der Waals surface area contributed by atoms with E-state index >= 15 is 0 Å². The molecular formula is C17H31N3O3. The molecule has 0 aromatic carbocycles. The molecule has 1 aliphatic heterocycles. The van der Waals surface area contributed by atoms with Crippen LogP contribution in [0.2, 0.25) is 0 Å². The van der Waals surface area contributed by atoms with Crippen LogP contribution in [0.5, 0.6) is 0 Å². The molecule has 2 fully saturated rings. The fourth-order valence-electron chi connectivity index (χ4n) is 3.60. The Morgan fingerprint density at radius 2 is 2.13 bits per heavy atom. The smallest absolute Gasteiger partial charge is 0.237 e. The Morgan fingerprint density at radius 3 is 2.87 bits per heavy atom. The molecule has 2 rings (SSSR count). The summed E-state index contributed by atoms with van der Waals surface area (Å²) in [6.07, 6.45) is 7.51. The van der Waals surface area contributed by atoms with Gasteiger partial charge < -0.3 is 15.4 Å². The number of carbonyl (C=O) groups excluding carboxylic acids is 2. The summed E-state index contributed by atoms with van der Waals surface area (Å²) in [5.41, 5.74) is 0. The maximum absolute atomic E-state index is 12.2. The second-order valence-corrected chi connectivity index (χ2v) is 6.71. The number of hydrogen-bond acceptors (Lipinski definition) is 4. The van der Waals surface area contributed by atoms with Crippen LogP contribution in [-0.2, 0) is 14.3 Å². The monoisotopic (exact) mass is 325 g/mol. The molecule has 1 atom stereocenters. The summed E-state index contributed by atoms with van der Waals surface area (Å²) in [4.78, 5) is 26.5. The largest absolute Gasteiger partial charge is 0.385 e. The number of methoxy groups -OCH3 is 1. The molecule has 1 heterocycles. The number of piperazine rings is 1. The molecule has 6 heteroatoms. The Bertz CT molecular complexity index is 383. The second-order valence-electron chi connectivity index (χ2n) is 6.71. The van der Waals surface area contributed by atoms with Crippen LogP contribution in [0, 0.1) is 5.92 Å². The lowest BCUT2D eigenvalue weighted by Crippen LogP contribution is -2.57. The minimum absolute atomic E-state index is 0.000832. The van der Waals surface area contributed by atoms with Crippen molar-refractivity contribution >= 4 is 11.8 Å². The van der Waals surface area contributed by atoms with Gasteiger partial charge in [0.1, 0.15) is 0 Å². The third kappa shape index (κ3) is 6.11. The average molecular weight is 325 g/mol. The molecular weight excluding hydrogens is 294 g/mol. The SMILES string of the molecule is COCCCNC(=O)C[C@@H]1C(=O)NCCN1CC1CCCCC1. The molecule has 1 saturated carbocycles. The van der Waals surface area contributed by atoms with Crippen molar-refractivity contribution in [3.05, 3.63) is 0 Å². The number of nitrogens with zero attached hydrogens (tertiary/aromatic N) is 1. The second kappa shape index (κ2) is 9.88. The molecule has 2 N–H and O–H groups in total. The molecule has 2 amide bonds. The van der Waals surface area contributed by atoms with E-state index in [2.05, 4.69) is 15.5 Å². The molecule has 0 unspecified atom stereocenters. The van der Waals surface area contributed by atoms with E-state index in [0.717, 1.165) is 19.5 Å². The minimum Gasteiger partial charge on any atom is -0.385 e. The van der Waals surface area contributed by atoms with Gasteiger partial charge in [0.15, 0.2) is 0 Å². The highest BCUT2D eigenvalue weighted by Crippen LogP contribution is 2.25. The fourth-order valence-corrected chi connectivity index (χ4v) is 3.60. The molecule has 2 aliphatic rings. The van der Waals surface area contributed by atoms with Crippen molar-refractivity contribution < 1.29 is 14.3 Å². The average Bonchev–Trinajstić information content (AvgIpc) is 2.56. The zero-order valence-electron chi connectivity index (χ0n) is 14.3. The first-order chi connectivity index (χ1) is 11.2. The Labute approximate surface area is 139 Å². The van der Waals surface area contributed by atoms with E-state index in [9.17, 15) is 9.59 Å². The molecule has 1 aliphatic carbocycles. The molecule has 0 aromatic heterocycles. The first-order valence-corrected chi connectivity index (χ1v) is 8.98. The molecule has 1 saturated heterocycles. The predicted octanol–water partition coefficient (Wildman–Crippen LogP) is 0.910. The fraction of sp³-hybridized carbons (Fsp3) is 0.882. The highest BCUT2D eigenvalue weighted by Gasteiger charge is 2.32. The summed E-state index contributed by atoms with van der Waals surface area (Å²) in [6.45, 7) is 3.73. The van der Waals surface area contributed by atoms with Gasteiger partial charge in [-0.15, -0.1) is 0 Å². The Morgan fingerprint density at radius 1 is 1.35 bits per heavy atom. The van der Waals surface area contributed by atoms with Gasteiger partial charge in [0, 0.05) is 39.9 Å². The standard InChI is InChI=1S/C17H31N3O3/c1-23-11-5-8-18-16(21)12-15-17(22)19-9-10-20(15)13-14-6-3-2-4-7-14/h14-15H,2-13H2,1H3,(H,18,21)(H,19,22)/t15-/m1/s1. The van der Waals surface area contributed by atoms with Crippen molar-refractivity contribution in [2.75, 3.05) is 39.9 Å². The summed E-state index contributed by atoms with van der Waals surface area (Å²) in [6, 6.07) is -0.312. The van der Waals surface area contributed by atoms with Crippen LogP contribution >= 0.6 is 0 Å². The molecule has 0 bridgehead atoms. The van der Waals surface area contributed by atoms with Crippen LogP contribution < -0.4 is 10.6 Å². The minimum atomic E-state index is -0.312. The lowest BCUT2D eigenvalue weighted by atomic mass is 9.88. The highest BCUT2D eigenvalue weighted by molar-refractivity contribution is 5.88. The van der Waals surface area contributed by atoms with Crippen molar-refractivity contribution in [2.45, 2.75) is 51.0 Å². The summed E-state index contributed by atoms with van der Waals surface area (Å²) in [7, 11) is 1.65. The first-order valence-electron chi connectivity index (χ1n) is 8.98. The van der Waals surface area contributed by atoms with Gasteiger partial charge in [-0.1, -0.05) is 19.3 Å². The van der Waals surface area contributed by atoms with E-state index in [-0.39, 0.29) is 24.3 Å². The van der Waals surface area contributed by atoms with Crippen LogP contribution in [0.4, 0.5) is 0 Å². The molecule has 6 nitrogen and oxygen atoms in total. The van der Waals surface area contributed by atoms with Gasteiger partial charge in [-0.25, -0.2) is 0 Å². The Hall–Kier alpha value is -1.14. The normalized spacial score (nSPS) is 23.5. The lowest BCUT2D eigenvalue weighted by molar-refractivity contribution is -0.134. The van der Waals surface area contributed by atoms with E-state index in [4.69, 9.17) is 4.74 Å².